The number of nitrogens with two attached hydrogens (primary N) is 1. The van der Waals surface area contributed by atoms with Crippen molar-refractivity contribution in [1.82, 2.24) is 35.3 Å². The van der Waals surface area contributed by atoms with Gasteiger partial charge < -0.3 is 108 Å². The lowest BCUT2D eigenvalue weighted by Gasteiger charge is -2.42. The molecule has 0 radical (unpaired) electrons. The molecule has 2 saturated heterocycles. The Labute approximate surface area is 694 Å². The summed E-state index contributed by atoms with van der Waals surface area (Å²) >= 11 is 0. The quantitative estimate of drug-likeness (QED) is 0.00892. The van der Waals surface area contributed by atoms with E-state index in [9.17, 15) is 49.2 Å². The summed E-state index contributed by atoms with van der Waals surface area (Å²) < 4.78 is 76.7. The monoisotopic (exact) mass is 1660 g/mol. The first-order valence-electron chi connectivity index (χ1n) is 42.3. The summed E-state index contributed by atoms with van der Waals surface area (Å²) in [5, 5.41) is 57.3. The first-order valence-corrected chi connectivity index (χ1v) is 42.3. The number of cyclic esters (lactones) is 1. The van der Waals surface area contributed by atoms with Gasteiger partial charge in [-0.15, -0.1) is 0 Å². The van der Waals surface area contributed by atoms with E-state index in [1.165, 1.54) is 4.90 Å². The Kier molecular flexibility index (Phi) is 41.6. The number of H-pyrrole nitrogens is 1. The van der Waals surface area contributed by atoms with Crippen LogP contribution in [0.5, 0.6) is 5.75 Å². The molecule has 3 aromatic heterocycles. The zero-order chi connectivity index (χ0) is 84.8. The number of fused-ring (bicyclic) bond motifs is 5. The maximum Gasteiger partial charge on any atom is 0.407 e. The van der Waals surface area contributed by atoms with Crippen LogP contribution in [0.4, 0.5) is 10.5 Å². The van der Waals surface area contributed by atoms with Crippen molar-refractivity contribution in [3.63, 3.8) is 0 Å². The number of allylic oxidation sites excluding steroid dienone is 5. The second-order valence-electron chi connectivity index (χ2n) is 31.6. The molecule has 9 N–H and O–H groups in total. The van der Waals surface area contributed by atoms with E-state index in [2.05, 4.69) is 20.6 Å². The van der Waals surface area contributed by atoms with Crippen molar-refractivity contribution in [3.8, 4) is 17.1 Å². The highest BCUT2D eigenvalue weighted by molar-refractivity contribution is 6.39. The number of piperidine rings is 1. The summed E-state index contributed by atoms with van der Waals surface area (Å²) in [4.78, 5) is 91.4. The molecule has 1 aromatic carbocycles. The number of aromatic amines is 1. The standard InChI is InChI=1S/C87H132N8O23/c1-58-16-10-9-11-17-59(2)77(106-7)56-68-23-19-63(6)87(105,118-68)82(101)84(102)94-32-14-12-18-72(94)85(103)116-67(55-73(97)61(4)51-62(5)75(99)57-74(98)60(3)50-58)24-20-64-21-26-76(78(52-64)107-8)117-86(104)91-31-35-109-37-39-111-41-43-113-45-47-115-49-48-114-46-44-112-42-40-110-38-36-108-34-28-79(100)89-29-13-15-33-95-83-80(69(88)27-30-90-83)81(93-95)71-54-65-53-66(96)22-25-70(65)92-71/h9-11,16-17,22,25,27,30,51,53-54,58,60-61,63-64,67-68,72-73,75-78,92,96-97,99,105H,12-15,18-21,23-24,26,28-29,31-50,52,55-57H2,1-8H3,(H2,88,90)(H,89,100)(H,91,104)/b11-9?,16-10+,59-17?,62-51+/t58-,60-,61-,63-,64-,67-,68+,72+,73-,75+,76-,77+,78-,87-/m1/s1. The van der Waals surface area contributed by atoms with E-state index in [-0.39, 0.29) is 87.2 Å². The highest BCUT2D eigenvalue weighted by Gasteiger charge is 2.53. The molecule has 1 saturated carbocycles. The highest BCUT2D eigenvalue weighted by Crippen LogP contribution is 2.39. The molecule has 14 atom stereocenters. The number of esters is 1. The van der Waals surface area contributed by atoms with E-state index in [0.717, 1.165) is 40.4 Å². The summed E-state index contributed by atoms with van der Waals surface area (Å²) in [7, 11) is 3.14. The smallest absolute Gasteiger partial charge is 0.407 e. The van der Waals surface area contributed by atoms with Crippen LogP contribution in [0, 0.1) is 29.6 Å². The fourth-order valence-electron chi connectivity index (χ4n) is 15.3. The Morgan fingerprint density at radius 3 is 2.04 bits per heavy atom. The number of unbranched alkanes of at least 4 members (excludes halogenated alkanes) is 1. The van der Waals surface area contributed by atoms with E-state index < -0.39 is 90.1 Å². The fourth-order valence-corrected chi connectivity index (χ4v) is 15.3. The Morgan fingerprint density at radius 2 is 1.37 bits per heavy atom. The molecule has 6 heterocycles. The minimum Gasteiger partial charge on any atom is -0.508 e. The summed E-state index contributed by atoms with van der Waals surface area (Å²) in [6, 6.07) is 7.67. The molecular weight excluding hydrogens is 1520 g/mol. The number of amides is 3. The Morgan fingerprint density at radius 1 is 0.703 bits per heavy atom. The number of aromatic hydroxyl groups is 1. The van der Waals surface area contributed by atoms with Gasteiger partial charge in [-0.2, -0.15) is 5.10 Å². The molecule has 3 fully saturated rings. The first kappa shape index (κ1) is 95.9. The van der Waals surface area contributed by atoms with Gasteiger partial charge in [0.05, 0.1) is 147 Å². The molecule has 658 valence electrons. The van der Waals surface area contributed by atoms with Crippen LogP contribution in [0.25, 0.3) is 33.3 Å². The fraction of sp³-hybridized carbons (Fsp3) is 0.678. The number of pyridine rings is 1. The number of methoxy groups -OCH3 is 2. The van der Waals surface area contributed by atoms with Crippen molar-refractivity contribution in [2.75, 3.05) is 145 Å². The normalized spacial score (nSPS) is 26.5. The number of nitrogen functional groups attached to an aromatic ring is 1. The molecule has 31 nitrogen and oxygen atoms in total. The SMILES string of the molecule is CO[C@H]1C[C@@H]2CC[C@@H](C)[C@@](O)(O2)C(=O)C(=O)N2CCCC[C@H]2C(=O)O[C@H](CC[C@@H]2CC[C@@H](OC(=O)NCCOCCOCCOCCOCCOCCOCCOCCOCCC(=O)NCCCCn3nc(-c4cc5cc(O)ccc5[nH]4)c4c(N)ccnc43)[C@H](OC)C2)C[C@@H](O)[C@H](C)/C=C(\C)[C@@H](O)CC(=O)[C@H](C)C[C@H](C)/C=C/C=CC=C1C. The molecule has 8 rings (SSSR count). The van der Waals surface area contributed by atoms with Crippen LogP contribution < -0.4 is 16.4 Å². The minimum absolute atomic E-state index is 0.00538. The molecule has 4 aliphatic rings. The van der Waals surface area contributed by atoms with Crippen LogP contribution in [0.3, 0.4) is 0 Å². The lowest BCUT2D eigenvalue weighted by atomic mass is 9.81. The van der Waals surface area contributed by atoms with Crippen LogP contribution in [0.1, 0.15) is 151 Å². The molecule has 3 aliphatic heterocycles. The number of ether oxygens (including phenoxy) is 13. The lowest BCUT2D eigenvalue weighted by molar-refractivity contribution is -0.265. The van der Waals surface area contributed by atoms with Crippen molar-refractivity contribution < 1.29 is 111 Å². The largest absolute Gasteiger partial charge is 0.508 e. The number of Topliss-reactive ketones (excluding diaryl/α,β-unsaturated/α-hetero) is 2. The van der Waals surface area contributed by atoms with Gasteiger partial charge in [-0.1, -0.05) is 64.2 Å². The van der Waals surface area contributed by atoms with Crippen molar-refractivity contribution in [1.29, 1.82) is 0 Å². The Hall–Kier alpha value is -7.60. The number of hydrogen-bond acceptors (Lipinski definition) is 26. The highest BCUT2D eigenvalue weighted by atomic mass is 16.6. The average Bonchev–Trinajstić information content (AvgIpc) is 1.55. The van der Waals surface area contributed by atoms with Gasteiger partial charge in [0.2, 0.25) is 11.7 Å². The average molecular weight is 1660 g/mol. The number of nitrogens with one attached hydrogen (secondary N) is 3. The van der Waals surface area contributed by atoms with Gasteiger partial charge in [0.15, 0.2) is 5.65 Å². The van der Waals surface area contributed by atoms with Crippen LogP contribution in [-0.2, 0) is 92.1 Å². The third kappa shape index (κ3) is 31.1. The van der Waals surface area contributed by atoms with Crippen LogP contribution in [0.2, 0.25) is 0 Å². The number of ketones is 2. The summed E-state index contributed by atoms with van der Waals surface area (Å²) in [5.74, 6) is -6.84. The number of carbonyl (C=O) groups is 6. The molecule has 1 aliphatic carbocycles. The number of aryl methyl sites for hydroxylation is 1. The van der Waals surface area contributed by atoms with Gasteiger partial charge in [0.25, 0.3) is 11.7 Å². The van der Waals surface area contributed by atoms with E-state index in [0.29, 0.717) is 199 Å². The number of phenolic OH excluding ortho intramolecular Hbond substituents is 1. The predicted molar refractivity (Wildman–Crippen MR) is 442 cm³/mol. The van der Waals surface area contributed by atoms with Crippen molar-refractivity contribution >= 4 is 63.1 Å². The third-order valence-corrected chi connectivity index (χ3v) is 22.4. The number of hydrogen-bond donors (Lipinski definition) is 8. The number of rotatable bonds is 39. The predicted octanol–water partition coefficient (Wildman–Crippen LogP) is 9.14. The van der Waals surface area contributed by atoms with Crippen LogP contribution in [0.15, 0.2) is 84.1 Å². The van der Waals surface area contributed by atoms with E-state index >= 15 is 0 Å². The zero-order valence-corrected chi connectivity index (χ0v) is 70.5. The van der Waals surface area contributed by atoms with Gasteiger partial charge >= 0.3 is 12.1 Å². The lowest BCUT2D eigenvalue weighted by Crippen LogP contribution is -2.60. The first-order chi connectivity index (χ1) is 57.0. The number of phenols is 1. The van der Waals surface area contributed by atoms with Crippen molar-refractivity contribution in [2.24, 2.45) is 29.6 Å². The number of aromatic nitrogens is 4. The molecule has 2 bridgehead atoms. The summed E-state index contributed by atoms with van der Waals surface area (Å²) in [5.41, 5.74) is 11.4. The zero-order valence-electron chi connectivity index (χ0n) is 70.5. The maximum atomic E-state index is 14.6. The number of benzene rings is 1. The topological polar surface area (TPSA) is 403 Å². The molecule has 0 unspecified atom stereocenters. The van der Waals surface area contributed by atoms with Gasteiger partial charge in [-0.05, 0) is 151 Å². The number of anilines is 1. The number of carbonyl (C=O) groups excluding carboxylic acids is 6. The Balaban J connectivity index is 0.635. The molecule has 31 heteroatoms. The molecule has 4 aromatic rings. The van der Waals surface area contributed by atoms with Gasteiger partial charge in [0, 0.05) is 107 Å². The number of nitrogens with zero attached hydrogens (tertiary/aromatic N) is 4. The number of alkyl carbamates (subject to hydrolysis) is 1. The van der Waals surface area contributed by atoms with Crippen molar-refractivity contribution in [3.05, 3.63) is 84.1 Å². The summed E-state index contributed by atoms with van der Waals surface area (Å²) in [6.45, 7) is 18.3. The van der Waals surface area contributed by atoms with Crippen LogP contribution in [-0.4, -0.2) is 275 Å². The third-order valence-electron chi connectivity index (χ3n) is 22.4. The molecule has 3 amide bonds. The second kappa shape index (κ2) is 51.2. The van der Waals surface area contributed by atoms with Gasteiger partial charge in [-0.25, -0.2) is 19.3 Å². The van der Waals surface area contributed by atoms with E-state index in [1.54, 1.807) is 65.5 Å². The van der Waals surface area contributed by atoms with Crippen molar-refractivity contribution in [2.45, 2.75) is 212 Å². The number of aliphatic hydroxyl groups is 3. The van der Waals surface area contributed by atoms with E-state index in [4.69, 9.17) is 72.4 Å². The van der Waals surface area contributed by atoms with E-state index in [1.807, 2.05) is 68.0 Å². The molecule has 0 spiro atoms. The maximum absolute atomic E-state index is 14.6. The second-order valence-corrected chi connectivity index (χ2v) is 31.6. The minimum atomic E-state index is -2.46. The van der Waals surface area contributed by atoms with Gasteiger partial charge in [-0.3, -0.25) is 19.2 Å². The Bertz CT molecular complexity index is 3860. The number of aliphatic hydroxyl groups excluding tert-OH is 2. The van der Waals surface area contributed by atoms with Gasteiger partial charge in [0.1, 0.15) is 35.5 Å². The molecule has 118 heavy (non-hydrogen) atoms. The molecular formula is C87H132N8O23. The van der Waals surface area contributed by atoms with Crippen LogP contribution >= 0.6 is 0 Å². The summed E-state index contributed by atoms with van der Waals surface area (Å²) in [6.07, 6.45) is 14.7.